The van der Waals surface area contributed by atoms with Crippen molar-refractivity contribution in [3.63, 3.8) is 0 Å². The van der Waals surface area contributed by atoms with Crippen LogP contribution in [0.1, 0.15) is 30.7 Å². The van der Waals surface area contributed by atoms with Gasteiger partial charge in [0.25, 0.3) is 0 Å². The van der Waals surface area contributed by atoms with Gasteiger partial charge < -0.3 is 24.4 Å². The Hall–Kier alpha value is -2.87. The molecule has 2 aromatic rings. The third kappa shape index (κ3) is 4.90. The summed E-state index contributed by atoms with van der Waals surface area (Å²) in [6.45, 7) is 6.17. The van der Waals surface area contributed by atoms with Gasteiger partial charge in [0.15, 0.2) is 0 Å². The predicted octanol–water partition coefficient (Wildman–Crippen LogP) is 2.40. The van der Waals surface area contributed by atoms with E-state index in [1.165, 1.54) is 12.1 Å². The summed E-state index contributed by atoms with van der Waals surface area (Å²) in [6, 6.07) is 7.98. The third-order valence-electron chi connectivity index (χ3n) is 6.17. The number of benzene rings is 1. The first-order valence-corrected chi connectivity index (χ1v) is 10.7. The van der Waals surface area contributed by atoms with Crippen LogP contribution in [0.15, 0.2) is 41.0 Å². The highest BCUT2D eigenvalue weighted by molar-refractivity contribution is 5.89. The van der Waals surface area contributed by atoms with E-state index in [2.05, 4.69) is 22.2 Å². The number of hydrogen-bond acceptors (Lipinski definition) is 5. The maximum atomic E-state index is 14.1. The number of furan rings is 1. The zero-order valence-corrected chi connectivity index (χ0v) is 18.0. The Morgan fingerprint density at radius 1 is 1.26 bits per heavy atom. The normalized spacial score (nSPS) is 20.9. The minimum atomic E-state index is -0.425. The number of anilines is 1. The largest absolute Gasteiger partial charge is 0.467 e. The van der Waals surface area contributed by atoms with Crippen LogP contribution in [-0.4, -0.2) is 61.4 Å². The molecule has 1 aromatic carbocycles. The van der Waals surface area contributed by atoms with Crippen molar-refractivity contribution in [2.45, 2.75) is 25.9 Å². The van der Waals surface area contributed by atoms with E-state index in [4.69, 9.17) is 4.42 Å². The van der Waals surface area contributed by atoms with Crippen molar-refractivity contribution >= 4 is 17.5 Å². The Kier molecular flexibility index (Phi) is 6.27. The fraction of sp³-hybridized carbons (Fsp3) is 0.478. The molecule has 8 heteroatoms. The molecule has 166 valence electrons. The number of piperazine rings is 1. The number of amides is 2. The molecular formula is C23H29FN4O3. The summed E-state index contributed by atoms with van der Waals surface area (Å²) in [5, 5.41) is 3.01. The average molecular weight is 429 g/mol. The van der Waals surface area contributed by atoms with E-state index in [1.54, 1.807) is 23.3 Å². The van der Waals surface area contributed by atoms with E-state index >= 15 is 0 Å². The molecule has 0 spiro atoms. The van der Waals surface area contributed by atoms with E-state index in [0.717, 1.165) is 37.4 Å². The summed E-state index contributed by atoms with van der Waals surface area (Å²) in [7, 11) is 2.09. The number of carbonyl (C=O) groups excluding carboxylic acids is 2. The van der Waals surface area contributed by atoms with Crippen LogP contribution in [0.4, 0.5) is 10.1 Å². The van der Waals surface area contributed by atoms with Crippen molar-refractivity contribution in [1.29, 1.82) is 0 Å². The second-order valence-corrected chi connectivity index (χ2v) is 8.48. The van der Waals surface area contributed by atoms with Gasteiger partial charge >= 0.3 is 0 Å². The first kappa shape index (κ1) is 21.4. The Morgan fingerprint density at radius 2 is 2.03 bits per heavy atom. The molecule has 0 radical (unpaired) electrons. The predicted molar refractivity (Wildman–Crippen MR) is 115 cm³/mol. The molecule has 0 bridgehead atoms. The van der Waals surface area contributed by atoms with Gasteiger partial charge in [-0.3, -0.25) is 9.59 Å². The lowest BCUT2D eigenvalue weighted by Gasteiger charge is -2.36. The van der Waals surface area contributed by atoms with Gasteiger partial charge in [0, 0.05) is 50.4 Å². The van der Waals surface area contributed by atoms with E-state index in [0.29, 0.717) is 18.8 Å². The zero-order valence-electron chi connectivity index (χ0n) is 18.0. The Labute approximate surface area is 181 Å². The second-order valence-electron chi connectivity index (χ2n) is 8.48. The lowest BCUT2D eigenvalue weighted by molar-refractivity contribution is -0.129. The van der Waals surface area contributed by atoms with Crippen LogP contribution in [0.5, 0.6) is 0 Å². The zero-order chi connectivity index (χ0) is 22.0. The molecule has 1 N–H and O–H groups in total. The summed E-state index contributed by atoms with van der Waals surface area (Å²) in [4.78, 5) is 31.4. The Balaban J connectivity index is 1.42. The van der Waals surface area contributed by atoms with Crippen LogP contribution in [0, 0.1) is 11.7 Å². The highest BCUT2D eigenvalue weighted by atomic mass is 19.1. The van der Waals surface area contributed by atoms with Gasteiger partial charge in [-0.25, -0.2) is 4.39 Å². The van der Waals surface area contributed by atoms with Crippen molar-refractivity contribution in [1.82, 2.24) is 15.1 Å². The molecule has 2 unspecified atom stereocenters. The standard InChI is InChI=1S/C23H29FN4O3/c1-16(20-13-18(24)5-6-21(20)27-9-7-26(2)8-10-27)25-23(30)17-12-22(29)28(14-17)15-19-4-3-11-31-19/h3-6,11,13,16-17H,7-10,12,14-15H2,1-2H3,(H,25,30). The molecule has 2 aliphatic heterocycles. The molecule has 2 saturated heterocycles. The number of nitrogens with one attached hydrogen (secondary N) is 1. The van der Waals surface area contributed by atoms with Crippen molar-refractivity contribution in [3.05, 3.63) is 53.7 Å². The minimum absolute atomic E-state index is 0.0620. The molecule has 2 amide bonds. The Morgan fingerprint density at radius 3 is 2.74 bits per heavy atom. The quantitative estimate of drug-likeness (QED) is 0.765. The monoisotopic (exact) mass is 428 g/mol. The molecule has 2 aliphatic rings. The fourth-order valence-electron chi connectivity index (χ4n) is 4.31. The summed E-state index contributed by atoms with van der Waals surface area (Å²) < 4.78 is 19.4. The maximum Gasteiger partial charge on any atom is 0.225 e. The van der Waals surface area contributed by atoms with Crippen molar-refractivity contribution in [3.8, 4) is 0 Å². The number of rotatable bonds is 6. The van der Waals surface area contributed by atoms with Gasteiger partial charge in [-0.15, -0.1) is 0 Å². The molecule has 31 heavy (non-hydrogen) atoms. The van der Waals surface area contributed by atoms with Gasteiger partial charge in [0.2, 0.25) is 11.8 Å². The number of nitrogens with zero attached hydrogens (tertiary/aromatic N) is 3. The molecule has 4 rings (SSSR count). The van der Waals surface area contributed by atoms with Crippen LogP contribution in [0.2, 0.25) is 0 Å². The molecule has 1 aromatic heterocycles. The number of likely N-dealkylation sites (N-methyl/N-ethyl adjacent to an activating group) is 1. The number of likely N-dealkylation sites (tertiary alicyclic amines) is 1. The third-order valence-corrected chi connectivity index (χ3v) is 6.17. The number of halogens is 1. The first-order chi connectivity index (χ1) is 14.9. The van der Waals surface area contributed by atoms with Crippen molar-refractivity contribution in [2.24, 2.45) is 5.92 Å². The molecule has 7 nitrogen and oxygen atoms in total. The van der Waals surface area contributed by atoms with E-state index in [1.807, 2.05) is 13.0 Å². The average Bonchev–Trinajstić information content (AvgIpc) is 3.39. The van der Waals surface area contributed by atoms with E-state index < -0.39 is 5.92 Å². The highest BCUT2D eigenvalue weighted by Gasteiger charge is 2.35. The molecule has 2 atom stereocenters. The van der Waals surface area contributed by atoms with Crippen LogP contribution < -0.4 is 10.2 Å². The lowest BCUT2D eigenvalue weighted by Crippen LogP contribution is -2.45. The minimum Gasteiger partial charge on any atom is -0.467 e. The lowest BCUT2D eigenvalue weighted by atomic mass is 10.0. The van der Waals surface area contributed by atoms with Gasteiger partial charge in [0.1, 0.15) is 11.6 Å². The molecule has 0 saturated carbocycles. The first-order valence-electron chi connectivity index (χ1n) is 10.7. The van der Waals surface area contributed by atoms with Crippen LogP contribution in [-0.2, 0) is 16.1 Å². The SMILES string of the molecule is CC(NC(=O)C1CC(=O)N(Cc2ccco2)C1)c1cc(F)ccc1N1CCN(C)CC1. The molecule has 0 aliphatic carbocycles. The molecule has 3 heterocycles. The van der Waals surface area contributed by atoms with Gasteiger partial charge in [-0.05, 0) is 44.3 Å². The summed E-state index contributed by atoms with van der Waals surface area (Å²) >= 11 is 0. The van der Waals surface area contributed by atoms with Gasteiger partial charge in [-0.2, -0.15) is 0 Å². The highest BCUT2D eigenvalue weighted by Crippen LogP contribution is 2.29. The summed E-state index contributed by atoms with van der Waals surface area (Å²) in [5.41, 5.74) is 1.71. The summed E-state index contributed by atoms with van der Waals surface area (Å²) in [5.74, 6) is -0.302. The van der Waals surface area contributed by atoms with Gasteiger partial charge in [-0.1, -0.05) is 0 Å². The molecule has 2 fully saturated rings. The van der Waals surface area contributed by atoms with Crippen LogP contribution >= 0.6 is 0 Å². The Bertz CT molecular complexity index is 925. The second kappa shape index (κ2) is 9.09. The van der Waals surface area contributed by atoms with Crippen LogP contribution in [0.25, 0.3) is 0 Å². The van der Waals surface area contributed by atoms with Crippen molar-refractivity contribution < 1.29 is 18.4 Å². The summed E-state index contributed by atoms with van der Waals surface area (Å²) in [6.07, 6.45) is 1.74. The van der Waals surface area contributed by atoms with Gasteiger partial charge in [0.05, 0.1) is 24.8 Å². The van der Waals surface area contributed by atoms with Crippen LogP contribution in [0.3, 0.4) is 0 Å². The fourth-order valence-corrected chi connectivity index (χ4v) is 4.31. The van der Waals surface area contributed by atoms with E-state index in [-0.39, 0.29) is 30.1 Å². The number of carbonyl (C=O) groups is 2. The molecular weight excluding hydrogens is 399 g/mol. The maximum absolute atomic E-state index is 14.1. The smallest absolute Gasteiger partial charge is 0.225 e. The van der Waals surface area contributed by atoms with E-state index in [9.17, 15) is 14.0 Å². The number of hydrogen-bond donors (Lipinski definition) is 1. The van der Waals surface area contributed by atoms with Crippen molar-refractivity contribution in [2.75, 3.05) is 44.7 Å². The topological polar surface area (TPSA) is 69.0 Å².